The van der Waals surface area contributed by atoms with Crippen LogP contribution in [-0.4, -0.2) is 41.2 Å². The number of hydrogen-bond donors (Lipinski definition) is 1. The van der Waals surface area contributed by atoms with Gasteiger partial charge in [-0.05, 0) is 42.3 Å². The summed E-state index contributed by atoms with van der Waals surface area (Å²) in [6.45, 7) is 2.15. The van der Waals surface area contributed by atoms with Gasteiger partial charge in [-0.3, -0.25) is 19.3 Å². The summed E-state index contributed by atoms with van der Waals surface area (Å²) in [7, 11) is 0. The van der Waals surface area contributed by atoms with Gasteiger partial charge in [0.1, 0.15) is 12.6 Å². The van der Waals surface area contributed by atoms with Gasteiger partial charge in [-0.1, -0.05) is 80.8 Å². The summed E-state index contributed by atoms with van der Waals surface area (Å²) in [5, 5.41) is 5.07. The van der Waals surface area contributed by atoms with Crippen molar-refractivity contribution in [1.29, 1.82) is 0 Å². The van der Waals surface area contributed by atoms with Crippen LogP contribution in [0, 0.1) is 0 Å². The van der Waals surface area contributed by atoms with Crippen molar-refractivity contribution in [3.05, 3.63) is 77.9 Å². The fraction of sp³-hybridized carbons (Fsp3) is 0.367. The molecule has 6 heteroatoms. The van der Waals surface area contributed by atoms with Crippen LogP contribution in [0.5, 0.6) is 0 Å². The lowest BCUT2D eigenvalue weighted by Gasteiger charge is -2.33. The van der Waals surface area contributed by atoms with E-state index < -0.39 is 6.04 Å². The number of nitrogens with zero attached hydrogens (tertiary/aromatic N) is 2. The first-order valence-corrected chi connectivity index (χ1v) is 13.0. The van der Waals surface area contributed by atoms with E-state index in [-0.39, 0.29) is 30.3 Å². The predicted octanol–water partition coefficient (Wildman–Crippen LogP) is 5.06. The van der Waals surface area contributed by atoms with Crippen molar-refractivity contribution < 1.29 is 14.4 Å². The highest BCUT2D eigenvalue weighted by atomic mass is 16.2. The number of rotatable bonds is 8. The summed E-state index contributed by atoms with van der Waals surface area (Å²) >= 11 is 0. The van der Waals surface area contributed by atoms with E-state index in [1.165, 1.54) is 6.42 Å². The molecule has 3 aromatic rings. The Bertz CT molecular complexity index is 1260. The third-order valence-corrected chi connectivity index (χ3v) is 7.48. The second-order valence-electron chi connectivity index (χ2n) is 9.85. The van der Waals surface area contributed by atoms with Gasteiger partial charge in [0.15, 0.2) is 0 Å². The zero-order valence-corrected chi connectivity index (χ0v) is 20.8. The second kappa shape index (κ2) is 10.5. The number of hydrogen-bond acceptors (Lipinski definition) is 3. The van der Waals surface area contributed by atoms with Gasteiger partial charge in [0, 0.05) is 23.5 Å². The lowest BCUT2D eigenvalue weighted by atomic mass is 9.95. The van der Waals surface area contributed by atoms with E-state index in [9.17, 15) is 14.4 Å². The molecule has 186 valence electrons. The number of benzene rings is 3. The maximum Gasteiger partial charge on any atom is 0.259 e. The quantitative estimate of drug-likeness (QED) is 0.487. The van der Waals surface area contributed by atoms with Crippen molar-refractivity contribution in [2.24, 2.45) is 0 Å². The number of carbonyl (C=O) groups is 3. The van der Waals surface area contributed by atoms with Crippen LogP contribution in [0.2, 0.25) is 0 Å². The molecule has 0 radical (unpaired) electrons. The molecule has 1 fully saturated rings. The Balaban J connectivity index is 1.41. The molecule has 1 aliphatic carbocycles. The largest absolute Gasteiger partial charge is 0.352 e. The van der Waals surface area contributed by atoms with Gasteiger partial charge in [0.05, 0.1) is 5.69 Å². The van der Waals surface area contributed by atoms with E-state index in [4.69, 9.17) is 0 Å². The lowest BCUT2D eigenvalue weighted by molar-refractivity contribution is -0.140. The molecule has 5 rings (SSSR count). The molecule has 1 heterocycles. The molecule has 0 bridgehead atoms. The molecule has 1 N–H and O–H groups in total. The molecule has 0 spiro atoms. The second-order valence-corrected chi connectivity index (χ2v) is 9.85. The Morgan fingerprint density at radius 3 is 2.42 bits per heavy atom. The zero-order valence-electron chi connectivity index (χ0n) is 20.8. The molecule has 1 aliphatic heterocycles. The number of amides is 3. The van der Waals surface area contributed by atoms with Gasteiger partial charge < -0.3 is 10.2 Å². The standard InChI is InChI=1S/C30H33N3O3/c1-2-25(29(35)31-23-15-7-4-8-16-23)32(19-21-11-5-3-6-12-21)27(34)20-33-26-18-10-14-22-13-9-17-24(28(22)26)30(33)36/h3,5-6,9-14,17-18,23,25H,2,4,7-8,15-16,19-20H2,1H3,(H,31,35)/t25-/m0/s1. The first-order valence-electron chi connectivity index (χ1n) is 13.0. The third-order valence-electron chi connectivity index (χ3n) is 7.48. The molecule has 1 saturated carbocycles. The molecule has 1 atom stereocenters. The van der Waals surface area contributed by atoms with Crippen molar-refractivity contribution in [1.82, 2.24) is 10.2 Å². The van der Waals surface area contributed by atoms with Crippen LogP contribution in [0.15, 0.2) is 66.7 Å². The highest BCUT2D eigenvalue weighted by Gasteiger charge is 2.35. The van der Waals surface area contributed by atoms with E-state index in [0.29, 0.717) is 18.5 Å². The minimum atomic E-state index is -0.601. The molecule has 3 aromatic carbocycles. The van der Waals surface area contributed by atoms with Crippen LogP contribution in [0.25, 0.3) is 10.8 Å². The highest BCUT2D eigenvalue weighted by molar-refractivity contribution is 6.26. The van der Waals surface area contributed by atoms with Crippen molar-refractivity contribution >= 4 is 34.2 Å². The van der Waals surface area contributed by atoms with Gasteiger partial charge in [-0.25, -0.2) is 0 Å². The van der Waals surface area contributed by atoms with E-state index >= 15 is 0 Å². The molecular formula is C30H33N3O3. The molecule has 2 aliphatic rings. The van der Waals surface area contributed by atoms with Gasteiger partial charge >= 0.3 is 0 Å². The van der Waals surface area contributed by atoms with Gasteiger partial charge in [-0.15, -0.1) is 0 Å². The summed E-state index contributed by atoms with van der Waals surface area (Å²) in [6, 6.07) is 20.7. The van der Waals surface area contributed by atoms with Gasteiger partial charge in [0.25, 0.3) is 5.91 Å². The molecule has 6 nitrogen and oxygen atoms in total. The number of nitrogens with one attached hydrogen (secondary N) is 1. The van der Waals surface area contributed by atoms with Crippen LogP contribution in [0.1, 0.15) is 61.4 Å². The smallest absolute Gasteiger partial charge is 0.259 e. The Kier molecular flexibility index (Phi) is 7.03. The Morgan fingerprint density at radius 2 is 1.69 bits per heavy atom. The number of carbonyl (C=O) groups excluding carboxylic acids is 3. The summed E-state index contributed by atoms with van der Waals surface area (Å²) in [5.41, 5.74) is 2.32. The highest BCUT2D eigenvalue weighted by Crippen LogP contribution is 2.37. The minimum Gasteiger partial charge on any atom is -0.352 e. The van der Waals surface area contributed by atoms with Gasteiger partial charge in [0.2, 0.25) is 11.8 Å². The Morgan fingerprint density at radius 1 is 0.972 bits per heavy atom. The molecule has 0 unspecified atom stereocenters. The summed E-state index contributed by atoms with van der Waals surface area (Å²) in [6.07, 6.45) is 5.93. The summed E-state index contributed by atoms with van der Waals surface area (Å²) in [4.78, 5) is 43.8. The topological polar surface area (TPSA) is 69.7 Å². The average molecular weight is 484 g/mol. The molecular weight excluding hydrogens is 450 g/mol. The molecule has 3 amide bonds. The molecule has 36 heavy (non-hydrogen) atoms. The van der Waals surface area contributed by atoms with Crippen LogP contribution >= 0.6 is 0 Å². The zero-order chi connectivity index (χ0) is 25.1. The SMILES string of the molecule is CC[C@@H](C(=O)NC1CCCCC1)N(Cc1ccccc1)C(=O)CN1C(=O)c2cccc3cccc1c23. The van der Waals surface area contributed by atoms with Crippen molar-refractivity contribution in [3.8, 4) is 0 Å². The summed E-state index contributed by atoms with van der Waals surface area (Å²) in [5.74, 6) is -0.510. The predicted molar refractivity (Wildman–Crippen MR) is 142 cm³/mol. The van der Waals surface area contributed by atoms with Crippen LogP contribution in [0.3, 0.4) is 0 Å². The van der Waals surface area contributed by atoms with Crippen LogP contribution in [-0.2, 0) is 16.1 Å². The van der Waals surface area contributed by atoms with E-state index in [2.05, 4.69) is 5.32 Å². The Hall–Kier alpha value is -3.67. The number of anilines is 1. The van der Waals surface area contributed by atoms with Crippen molar-refractivity contribution in [2.75, 3.05) is 11.4 Å². The first-order chi connectivity index (χ1) is 17.6. The maximum atomic E-state index is 13.9. The molecule has 0 saturated heterocycles. The molecule has 0 aromatic heterocycles. The average Bonchev–Trinajstić information content (AvgIpc) is 3.17. The summed E-state index contributed by atoms with van der Waals surface area (Å²) < 4.78 is 0. The fourth-order valence-corrected chi connectivity index (χ4v) is 5.61. The van der Waals surface area contributed by atoms with Crippen LogP contribution in [0.4, 0.5) is 5.69 Å². The van der Waals surface area contributed by atoms with Crippen LogP contribution < -0.4 is 10.2 Å². The van der Waals surface area contributed by atoms with Crippen molar-refractivity contribution in [3.63, 3.8) is 0 Å². The first kappa shape index (κ1) is 24.0. The van der Waals surface area contributed by atoms with E-state index in [1.807, 2.05) is 73.7 Å². The van der Waals surface area contributed by atoms with Gasteiger partial charge in [-0.2, -0.15) is 0 Å². The fourth-order valence-electron chi connectivity index (χ4n) is 5.61. The van der Waals surface area contributed by atoms with E-state index in [1.54, 1.807) is 9.80 Å². The normalized spacial score (nSPS) is 16.2. The minimum absolute atomic E-state index is 0.104. The van der Waals surface area contributed by atoms with E-state index in [0.717, 1.165) is 47.7 Å². The monoisotopic (exact) mass is 483 g/mol. The Labute approximate surface area is 212 Å². The van der Waals surface area contributed by atoms with Crippen molar-refractivity contribution in [2.45, 2.75) is 64.1 Å². The third kappa shape index (κ3) is 4.72. The lowest BCUT2D eigenvalue weighted by Crippen LogP contribution is -2.53. The maximum absolute atomic E-state index is 13.9.